The van der Waals surface area contributed by atoms with E-state index in [0.717, 1.165) is 29.1 Å². The van der Waals surface area contributed by atoms with Gasteiger partial charge in [-0.3, -0.25) is 4.79 Å². The van der Waals surface area contributed by atoms with E-state index in [2.05, 4.69) is 67.0 Å². The Bertz CT molecular complexity index is 928. The maximum atomic E-state index is 11.1. The van der Waals surface area contributed by atoms with Gasteiger partial charge in [-0.15, -0.1) is 11.3 Å². The lowest BCUT2D eigenvalue weighted by molar-refractivity contribution is -0.119. The summed E-state index contributed by atoms with van der Waals surface area (Å²) in [6, 6.07) is 15.3. The summed E-state index contributed by atoms with van der Waals surface area (Å²) in [5.41, 5.74) is 7.19. The zero-order valence-corrected chi connectivity index (χ0v) is 17.2. The molecule has 2 aromatic carbocycles. The first-order valence-electron chi connectivity index (χ1n) is 9.32. The Morgan fingerprint density at radius 2 is 1.89 bits per heavy atom. The van der Waals surface area contributed by atoms with E-state index < -0.39 is 0 Å². The quantitative estimate of drug-likeness (QED) is 0.611. The van der Waals surface area contributed by atoms with Crippen molar-refractivity contribution in [3.63, 3.8) is 0 Å². The lowest BCUT2D eigenvalue weighted by Crippen LogP contribution is -2.30. The zero-order valence-electron chi connectivity index (χ0n) is 16.4. The summed E-state index contributed by atoms with van der Waals surface area (Å²) in [5, 5.41) is 6.12. The van der Waals surface area contributed by atoms with Crippen LogP contribution >= 0.6 is 11.3 Å². The van der Waals surface area contributed by atoms with Crippen LogP contribution in [0.25, 0.3) is 21.8 Å². The van der Waals surface area contributed by atoms with Crippen molar-refractivity contribution in [2.45, 2.75) is 46.6 Å². The number of hydrogen-bond donors (Lipinski definition) is 1. The summed E-state index contributed by atoms with van der Waals surface area (Å²) in [4.78, 5) is 15.9. The topological polar surface area (TPSA) is 42.0 Å². The minimum Gasteiger partial charge on any atom is -0.354 e. The van der Waals surface area contributed by atoms with Crippen LogP contribution in [-0.4, -0.2) is 16.9 Å². The fraction of sp³-hybridized carbons (Fsp3) is 0.304. The van der Waals surface area contributed by atoms with Gasteiger partial charge in [0.15, 0.2) is 0 Å². The predicted molar refractivity (Wildman–Crippen MR) is 114 cm³/mol. The second-order valence-corrected chi connectivity index (χ2v) is 8.05. The number of rotatable bonds is 6. The highest BCUT2D eigenvalue weighted by atomic mass is 32.1. The van der Waals surface area contributed by atoms with E-state index in [1.165, 1.54) is 22.3 Å². The van der Waals surface area contributed by atoms with Crippen molar-refractivity contribution in [1.29, 1.82) is 0 Å². The van der Waals surface area contributed by atoms with E-state index in [-0.39, 0.29) is 11.9 Å². The minimum atomic E-state index is 0.0287. The molecule has 0 radical (unpaired) electrons. The van der Waals surface area contributed by atoms with Gasteiger partial charge in [0.2, 0.25) is 5.91 Å². The van der Waals surface area contributed by atoms with E-state index >= 15 is 0 Å². The number of carbonyl (C=O) groups excluding carboxylic acids is 1. The van der Waals surface area contributed by atoms with Crippen molar-refractivity contribution in [3.8, 4) is 21.8 Å². The largest absolute Gasteiger partial charge is 0.354 e. The number of aromatic nitrogens is 1. The Morgan fingerprint density at radius 1 is 1.15 bits per heavy atom. The number of carbonyl (C=O) groups is 1. The Morgan fingerprint density at radius 3 is 2.56 bits per heavy atom. The molecule has 0 saturated heterocycles. The van der Waals surface area contributed by atoms with Crippen molar-refractivity contribution < 1.29 is 4.79 Å². The SMILES string of the molecule is CC(=O)N[C@H](C)CCc1ccc(-c2csc(-c3ccc(C)cc3C)n2)cc1. The van der Waals surface area contributed by atoms with Gasteiger partial charge in [-0.2, -0.15) is 0 Å². The van der Waals surface area contributed by atoms with E-state index in [9.17, 15) is 4.79 Å². The summed E-state index contributed by atoms with van der Waals surface area (Å²) < 4.78 is 0. The number of amides is 1. The molecule has 1 heterocycles. The lowest BCUT2D eigenvalue weighted by atomic mass is 10.0. The molecule has 0 fully saturated rings. The van der Waals surface area contributed by atoms with Gasteiger partial charge in [-0.05, 0) is 44.7 Å². The molecule has 1 atom stereocenters. The molecular formula is C23H26N2OS. The van der Waals surface area contributed by atoms with Crippen LogP contribution in [0.1, 0.15) is 37.0 Å². The molecule has 1 aromatic heterocycles. The van der Waals surface area contributed by atoms with Crippen LogP contribution in [0.15, 0.2) is 47.8 Å². The minimum absolute atomic E-state index is 0.0287. The lowest BCUT2D eigenvalue weighted by Gasteiger charge is -2.12. The van der Waals surface area contributed by atoms with E-state index in [0.29, 0.717) is 0 Å². The third-order valence-corrected chi connectivity index (χ3v) is 5.56. The summed E-state index contributed by atoms with van der Waals surface area (Å²) in [6.45, 7) is 7.86. The summed E-state index contributed by atoms with van der Waals surface area (Å²) in [7, 11) is 0. The molecule has 1 N–H and O–H groups in total. The number of nitrogens with one attached hydrogen (secondary N) is 1. The van der Waals surface area contributed by atoms with Gasteiger partial charge in [-0.25, -0.2) is 4.98 Å². The molecule has 0 aliphatic carbocycles. The van der Waals surface area contributed by atoms with Crippen LogP contribution in [-0.2, 0) is 11.2 Å². The van der Waals surface area contributed by atoms with Crippen molar-refractivity contribution in [3.05, 3.63) is 64.5 Å². The van der Waals surface area contributed by atoms with E-state index in [1.54, 1.807) is 18.3 Å². The van der Waals surface area contributed by atoms with E-state index in [1.807, 2.05) is 6.92 Å². The van der Waals surface area contributed by atoms with Crippen LogP contribution in [0.3, 0.4) is 0 Å². The molecule has 0 bridgehead atoms. The fourth-order valence-corrected chi connectivity index (χ4v) is 4.15. The molecule has 3 nitrogen and oxygen atoms in total. The molecule has 27 heavy (non-hydrogen) atoms. The van der Waals surface area contributed by atoms with Crippen molar-refractivity contribution >= 4 is 17.2 Å². The first kappa shape index (κ1) is 19.3. The highest BCUT2D eigenvalue weighted by molar-refractivity contribution is 7.13. The average Bonchev–Trinajstić information content (AvgIpc) is 3.09. The van der Waals surface area contributed by atoms with Gasteiger partial charge >= 0.3 is 0 Å². The third-order valence-electron chi connectivity index (χ3n) is 4.68. The number of benzene rings is 2. The second kappa shape index (κ2) is 8.49. The maximum absolute atomic E-state index is 11.1. The van der Waals surface area contributed by atoms with Gasteiger partial charge in [-0.1, -0.05) is 48.0 Å². The first-order chi connectivity index (χ1) is 12.9. The molecule has 0 spiro atoms. The molecule has 0 aliphatic heterocycles. The van der Waals surface area contributed by atoms with Gasteiger partial charge in [0.25, 0.3) is 0 Å². The number of hydrogen-bond acceptors (Lipinski definition) is 3. The normalized spacial score (nSPS) is 12.0. The molecule has 0 aliphatic rings. The Balaban J connectivity index is 1.69. The molecular weight excluding hydrogens is 352 g/mol. The zero-order chi connectivity index (χ0) is 19.4. The molecule has 140 valence electrons. The molecule has 0 unspecified atom stereocenters. The van der Waals surface area contributed by atoms with Gasteiger partial charge in [0.1, 0.15) is 5.01 Å². The average molecular weight is 379 g/mol. The Kier molecular flexibility index (Phi) is 6.07. The molecule has 3 rings (SSSR count). The number of nitrogens with zero attached hydrogens (tertiary/aromatic N) is 1. The fourth-order valence-electron chi connectivity index (χ4n) is 3.23. The number of aryl methyl sites for hydroxylation is 3. The standard InChI is InChI=1S/C23H26N2OS/c1-15-5-12-21(16(2)13-15)23-25-22(14-27-23)20-10-8-19(9-11-20)7-6-17(3)24-18(4)26/h5,8-14,17H,6-7H2,1-4H3,(H,24,26)/t17-/m1/s1. The Hall–Kier alpha value is -2.46. The summed E-state index contributed by atoms with van der Waals surface area (Å²) in [5.74, 6) is 0.0287. The smallest absolute Gasteiger partial charge is 0.217 e. The van der Waals surface area contributed by atoms with Crippen LogP contribution in [0, 0.1) is 13.8 Å². The first-order valence-corrected chi connectivity index (χ1v) is 10.2. The van der Waals surface area contributed by atoms with Gasteiger partial charge < -0.3 is 5.32 Å². The molecule has 0 saturated carbocycles. The monoisotopic (exact) mass is 378 g/mol. The van der Waals surface area contributed by atoms with Crippen LogP contribution in [0.5, 0.6) is 0 Å². The van der Waals surface area contributed by atoms with Crippen LogP contribution in [0.2, 0.25) is 0 Å². The summed E-state index contributed by atoms with van der Waals surface area (Å²) >= 11 is 1.69. The van der Waals surface area contributed by atoms with Crippen molar-refractivity contribution in [1.82, 2.24) is 10.3 Å². The maximum Gasteiger partial charge on any atom is 0.217 e. The highest BCUT2D eigenvalue weighted by Crippen LogP contribution is 2.31. The van der Waals surface area contributed by atoms with E-state index in [4.69, 9.17) is 4.98 Å². The van der Waals surface area contributed by atoms with Gasteiger partial charge in [0, 0.05) is 29.5 Å². The third kappa shape index (κ3) is 5.04. The van der Waals surface area contributed by atoms with Crippen LogP contribution in [0.4, 0.5) is 0 Å². The van der Waals surface area contributed by atoms with Crippen molar-refractivity contribution in [2.24, 2.45) is 0 Å². The number of thiazole rings is 1. The highest BCUT2D eigenvalue weighted by Gasteiger charge is 2.09. The van der Waals surface area contributed by atoms with Crippen LogP contribution < -0.4 is 5.32 Å². The predicted octanol–water partition coefficient (Wildman–Crippen LogP) is 5.55. The van der Waals surface area contributed by atoms with Gasteiger partial charge in [0.05, 0.1) is 5.69 Å². The summed E-state index contributed by atoms with van der Waals surface area (Å²) in [6.07, 6.45) is 1.89. The molecule has 4 heteroatoms. The molecule has 3 aromatic rings. The van der Waals surface area contributed by atoms with Crippen molar-refractivity contribution in [2.75, 3.05) is 0 Å². The molecule has 1 amide bonds. The Labute approximate surface area is 165 Å². The second-order valence-electron chi connectivity index (χ2n) is 7.19.